The molecule has 0 aliphatic carbocycles. The molecule has 1 aromatic carbocycles. The van der Waals surface area contributed by atoms with E-state index in [4.69, 9.17) is 0 Å². The van der Waals surface area contributed by atoms with Crippen LogP contribution in [0.1, 0.15) is 0 Å². The summed E-state index contributed by atoms with van der Waals surface area (Å²) in [5.41, 5.74) is 0.695. The maximum Gasteiger partial charge on any atom is 0.319 e. The molecule has 0 spiro atoms. The molecule has 0 N–H and O–H groups in total. The molecule has 1 aromatic heterocycles. The summed E-state index contributed by atoms with van der Waals surface area (Å²) in [4.78, 5) is 7.66. The summed E-state index contributed by atoms with van der Waals surface area (Å²) in [5, 5.41) is 0.786. The molecule has 4 heteroatoms. The number of fused-ring (bicyclic) bond motifs is 1. The van der Waals surface area contributed by atoms with Gasteiger partial charge in [-0.2, -0.15) is 9.97 Å². The summed E-state index contributed by atoms with van der Waals surface area (Å²) >= 11 is 0. The molecule has 0 saturated heterocycles. The van der Waals surface area contributed by atoms with Crippen molar-refractivity contribution in [3.05, 3.63) is 30.5 Å². The Kier molecular flexibility index (Phi) is 2.04. The molecule has 1 radical (unpaired) electrons. The second-order valence-corrected chi connectivity index (χ2v) is 2.39. The molecular weight excluding hydrogens is 171 g/mol. The molecule has 0 aliphatic rings. The topological polar surface area (TPSA) is 35.0 Å². The second-order valence-electron chi connectivity index (χ2n) is 2.39. The quantitative estimate of drug-likeness (QED) is 0.700. The summed E-state index contributed by atoms with van der Waals surface area (Å²) < 4.78 is 16.3. The van der Waals surface area contributed by atoms with Crippen LogP contribution in [-0.4, -0.2) is 16.8 Å². The molecular formula is C9H6FN2O. The number of ether oxygens (including phenoxy) is 1. The lowest BCUT2D eigenvalue weighted by atomic mass is 10.2. The van der Waals surface area contributed by atoms with Gasteiger partial charge in [-0.25, -0.2) is 4.39 Å². The number of nitrogens with zero attached hydrogens (tertiary/aromatic N) is 2. The fraction of sp³-hybridized carbons (Fsp3) is 0.111. The number of hydrogen-bond acceptors (Lipinski definition) is 3. The zero-order chi connectivity index (χ0) is 9.10. The van der Waals surface area contributed by atoms with Crippen LogP contribution in [0, 0.1) is 6.20 Å². The van der Waals surface area contributed by atoms with Crippen LogP contribution in [0.2, 0.25) is 0 Å². The van der Waals surface area contributed by atoms with Crippen LogP contribution in [0.5, 0.6) is 6.01 Å². The number of benzene rings is 1. The first kappa shape index (κ1) is 7.91. The highest BCUT2D eigenvalue weighted by Crippen LogP contribution is 2.11. The molecule has 13 heavy (non-hydrogen) atoms. The van der Waals surface area contributed by atoms with Crippen molar-refractivity contribution in [3.63, 3.8) is 0 Å². The highest BCUT2D eigenvalue weighted by atomic mass is 19.1. The maximum absolute atomic E-state index is 11.8. The number of rotatable bonds is 2. The smallest absolute Gasteiger partial charge is 0.319 e. The summed E-state index contributed by atoms with van der Waals surface area (Å²) in [7, 11) is 0. The van der Waals surface area contributed by atoms with Crippen LogP contribution >= 0.6 is 0 Å². The van der Waals surface area contributed by atoms with Gasteiger partial charge in [0.05, 0.1) is 5.52 Å². The van der Waals surface area contributed by atoms with E-state index >= 15 is 0 Å². The average Bonchev–Trinajstić information content (AvgIpc) is 2.18. The van der Waals surface area contributed by atoms with E-state index in [0.717, 1.165) is 5.39 Å². The van der Waals surface area contributed by atoms with E-state index in [1.54, 1.807) is 6.07 Å². The van der Waals surface area contributed by atoms with Gasteiger partial charge in [-0.3, -0.25) is 0 Å². The summed E-state index contributed by atoms with van der Waals surface area (Å²) in [6.45, 7) is -0.924. The van der Waals surface area contributed by atoms with Gasteiger partial charge in [0, 0.05) is 5.39 Å². The van der Waals surface area contributed by atoms with Crippen LogP contribution in [0.25, 0.3) is 10.9 Å². The van der Waals surface area contributed by atoms with E-state index in [0.29, 0.717) is 5.52 Å². The summed E-state index contributed by atoms with van der Waals surface area (Å²) in [5.74, 6) is 0. The van der Waals surface area contributed by atoms with Gasteiger partial charge in [0.1, 0.15) is 6.20 Å². The minimum atomic E-state index is -0.924. The van der Waals surface area contributed by atoms with Gasteiger partial charge >= 0.3 is 6.01 Å². The molecule has 65 valence electrons. The van der Waals surface area contributed by atoms with Crippen molar-refractivity contribution in [1.29, 1.82) is 0 Å². The van der Waals surface area contributed by atoms with Gasteiger partial charge in [0.25, 0.3) is 0 Å². The number of aromatic nitrogens is 2. The molecule has 0 unspecified atom stereocenters. The van der Waals surface area contributed by atoms with Crippen molar-refractivity contribution >= 4 is 10.9 Å². The zero-order valence-electron chi connectivity index (χ0n) is 6.70. The van der Waals surface area contributed by atoms with E-state index in [1.165, 1.54) is 0 Å². The molecule has 1 heterocycles. The molecule has 2 rings (SSSR count). The second kappa shape index (κ2) is 3.35. The molecule has 0 fully saturated rings. The Hall–Kier alpha value is -1.71. The van der Waals surface area contributed by atoms with E-state index in [2.05, 4.69) is 20.9 Å². The molecule has 3 nitrogen and oxygen atoms in total. The van der Waals surface area contributed by atoms with E-state index < -0.39 is 6.86 Å². The van der Waals surface area contributed by atoms with Crippen molar-refractivity contribution in [3.8, 4) is 6.01 Å². The Morgan fingerprint density at radius 1 is 1.38 bits per heavy atom. The van der Waals surface area contributed by atoms with Crippen molar-refractivity contribution in [2.45, 2.75) is 0 Å². The predicted octanol–water partition coefficient (Wildman–Crippen LogP) is 1.74. The predicted molar refractivity (Wildman–Crippen MR) is 45.0 cm³/mol. The Morgan fingerprint density at radius 3 is 3.08 bits per heavy atom. The van der Waals surface area contributed by atoms with Crippen molar-refractivity contribution in [2.24, 2.45) is 0 Å². The Bertz CT molecular complexity index is 419. The minimum absolute atomic E-state index is 0.0150. The van der Waals surface area contributed by atoms with Gasteiger partial charge in [-0.15, -0.1) is 0 Å². The SMILES string of the molecule is FCOc1n[c]c2ccccc2n1. The Labute approximate surface area is 74.2 Å². The highest BCUT2D eigenvalue weighted by Gasteiger charge is 1.99. The fourth-order valence-electron chi connectivity index (χ4n) is 1.02. The van der Waals surface area contributed by atoms with Gasteiger partial charge in [-0.1, -0.05) is 18.2 Å². The van der Waals surface area contributed by atoms with Crippen LogP contribution < -0.4 is 4.74 Å². The number of para-hydroxylation sites is 1. The lowest BCUT2D eigenvalue weighted by Crippen LogP contribution is -1.96. The third-order valence-corrected chi connectivity index (χ3v) is 1.58. The van der Waals surface area contributed by atoms with Crippen molar-refractivity contribution < 1.29 is 9.13 Å². The highest BCUT2D eigenvalue weighted by molar-refractivity contribution is 5.76. The monoisotopic (exact) mass is 177 g/mol. The summed E-state index contributed by atoms with van der Waals surface area (Å²) in [6, 6.07) is 7.33. The average molecular weight is 177 g/mol. The summed E-state index contributed by atoms with van der Waals surface area (Å²) in [6.07, 6.45) is 2.70. The van der Waals surface area contributed by atoms with Crippen LogP contribution in [-0.2, 0) is 0 Å². The first-order valence-electron chi connectivity index (χ1n) is 3.73. The van der Waals surface area contributed by atoms with E-state index in [9.17, 15) is 4.39 Å². The van der Waals surface area contributed by atoms with Gasteiger partial charge in [0.2, 0.25) is 6.86 Å². The third kappa shape index (κ3) is 1.56. The van der Waals surface area contributed by atoms with Gasteiger partial charge in [-0.05, 0) is 6.07 Å². The van der Waals surface area contributed by atoms with Gasteiger partial charge in [0.15, 0.2) is 0 Å². The lowest BCUT2D eigenvalue weighted by Gasteiger charge is -1.99. The Balaban J connectivity index is 2.49. The van der Waals surface area contributed by atoms with Crippen LogP contribution in [0.15, 0.2) is 24.3 Å². The molecule has 0 atom stereocenters. The number of hydrogen-bond donors (Lipinski definition) is 0. The van der Waals surface area contributed by atoms with Gasteiger partial charge < -0.3 is 4.74 Å². The third-order valence-electron chi connectivity index (χ3n) is 1.58. The maximum atomic E-state index is 11.8. The normalized spacial score (nSPS) is 10.2. The number of halogens is 1. The Morgan fingerprint density at radius 2 is 2.23 bits per heavy atom. The first-order chi connectivity index (χ1) is 6.40. The zero-order valence-corrected chi connectivity index (χ0v) is 6.70. The van der Waals surface area contributed by atoms with E-state index in [1.807, 2.05) is 18.2 Å². The minimum Gasteiger partial charge on any atom is -0.431 e. The van der Waals surface area contributed by atoms with Crippen LogP contribution in [0.3, 0.4) is 0 Å². The van der Waals surface area contributed by atoms with Crippen LogP contribution in [0.4, 0.5) is 4.39 Å². The first-order valence-corrected chi connectivity index (χ1v) is 3.73. The molecule has 0 amide bonds. The van der Waals surface area contributed by atoms with E-state index in [-0.39, 0.29) is 6.01 Å². The number of alkyl halides is 1. The molecule has 0 bridgehead atoms. The largest absolute Gasteiger partial charge is 0.431 e. The fourth-order valence-corrected chi connectivity index (χ4v) is 1.02. The molecule has 0 saturated carbocycles. The molecule has 2 aromatic rings. The molecule has 0 aliphatic heterocycles. The standard InChI is InChI=1S/C9H6FN2O/c10-6-13-9-11-5-7-3-1-2-4-8(7)12-9/h1-4H,6H2. The lowest BCUT2D eigenvalue weighted by molar-refractivity contribution is 0.177. The van der Waals surface area contributed by atoms with Crippen molar-refractivity contribution in [1.82, 2.24) is 9.97 Å². The van der Waals surface area contributed by atoms with Crippen molar-refractivity contribution in [2.75, 3.05) is 6.86 Å².